The summed E-state index contributed by atoms with van der Waals surface area (Å²) in [7, 11) is 0. The van der Waals surface area contributed by atoms with Crippen LogP contribution in [0.5, 0.6) is 0 Å². The van der Waals surface area contributed by atoms with Crippen LogP contribution in [0, 0.1) is 11.3 Å². The first kappa shape index (κ1) is 20.7. The maximum atomic E-state index is 9.43. The van der Waals surface area contributed by atoms with Gasteiger partial charge in [-0.1, -0.05) is 6.07 Å². The summed E-state index contributed by atoms with van der Waals surface area (Å²) >= 11 is 0. The van der Waals surface area contributed by atoms with Crippen LogP contribution in [0.3, 0.4) is 0 Å². The number of nitrogens with zero attached hydrogens (tertiary/aromatic N) is 6. The molecule has 0 atom stereocenters. The van der Waals surface area contributed by atoms with E-state index in [0.717, 1.165) is 30.6 Å². The second-order valence-corrected chi connectivity index (χ2v) is 8.48. The third-order valence-electron chi connectivity index (χ3n) is 5.74. The second kappa shape index (κ2) is 8.07. The molecule has 3 aromatic heterocycles. The molecule has 1 aliphatic rings. The Morgan fingerprint density at radius 2 is 1.91 bits per heavy atom. The lowest BCUT2D eigenvalue weighted by Gasteiger charge is -2.17. The van der Waals surface area contributed by atoms with Crippen molar-refractivity contribution in [1.82, 2.24) is 30.5 Å². The molecule has 5 rings (SSSR count). The number of nitriles is 1. The van der Waals surface area contributed by atoms with Gasteiger partial charge in [0.2, 0.25) is 5.89 Å². The van der Waals surface area contributed by atoms with Gasteiger partial charge in [-0.15, -0.1) is 10.2 Å². The fourth-order valence-electron chi connectivity index (χ4n) is 3.73. The van der Waals surface area contributed by atoms with E-state index < -0.39 is 5.41 Å². The van der Waals surface area contributed by atoms with Crippen molar-refractivity contribution in [3.8, 4) is 40.4 Å². The zero-order valence-corrected chi connectivity index (χ0v) is 18.3. The van der Waals surface area contributed by atoms with E-state index in [1.54, 1.807) is 12.4 Å². The van der Waals surface area contributed by atoms with Crippen LogP contribution < -0.4 is 11.1 Å². The largest absolute Gasteiger partial charge is 0.414 e. The Morgan fingerprint density at radius 3 is 2.76 bits per heavy atom. The molecule has 4 heterocycles. The van der Waals surface area contributed by atoms with E-state index in [1.807, 2.05) is 32.0 Å². The van der Waals surface area contributed by atoms with Crippen LogP contribution in [-0.4, -0.2) is 31.7 Å². The lowest BCUT2D eigenvalue weighted by Crippen LogP contribution is -2.23. The summed E-state index contributed by atoms with van der Waals surface area (Å²) in [6.07, 6.45) is 4.19. The number of anilines is 1. The zero-order chi connectivity index (χ0) is 23.0. The van der Waals surface area contributed by atoms with E-state index in [-0.39, 0.29) is 11.7 Å². The highest BCUT2D eigenvalue weighted by atomic mass is 16.4. The number of fused-ring (bicyclic) bond motifs is 1. The molecule has 4 aromatic rings. The van der Waals surface area contributed by atoms with Crippen LogP contribution in [0.15, 0.2) is 47.1 Å². The fraction of sp³-hybridized carbons (Fsp3) is 0.250. The van der Waals surface area contributed by atoms with Crippen molar-refractivity contribution in [1.29, 1.82) is 5.26 Å². The third kappa shape index (κ3) is 3.92. The van der Waals surface area contributed by atoms with E-state index in [4.69, 9.17) is 10.2 Å². The number of hydrogen-bond donors (Lipinski definition) is 2. The summed E-state index contributed by atoms with van der Waals surface area (Å²) in [4.78, 5) is 13.2. The number of hydrogen-bond acceptors (Lipinski definition) is 9. The Hall–Kier alpha value is -4.16. The first-order chi connectivity index (χ1) is 15.9. The number of pyridine rings is 1. The van der Waals surface area contributed by atoms with Crippen molar-refractivity contribution in [2.24, 2.45) is 0 Å². The molecule has 9 heteroatoms. The number of aromatic nitrogens is 5. The first-order valence-corrected chi connectivity index (χ1v) is 10.6. The molecule has 0 aliphatic carbocycles. The number of rotatable bonds is 4. The highest BCUT2D eigenvalue weighted by molar-refractivity contribution is 5.69. The Balaban J connectivity index is 1.50. The highest BCUT2D eigenvalue weighted by Gasteiger charge is 2.23. The van der Waals surface area contributed by atoms with Gasteiger partial charge in [0.25, 0.3) is 5.89 Å². The number of nitrogen functional groups attached to an aromatic ring is 1. The molecule has 0 saturated heterocycles. The molecule has 0 spiro atoms. The van der Waals surface area contributed by atoms with Crippen LogP contribution in [0.1, 0.15) is 30.7 Å². The molecule has 3 N–H and O–H groups in total. The predicted molar refractivity (Wildman–Crippen MR) is 122 cm³/mol. The summed E-state index contributed by atoms with van der Waals surface area (Å²) in [5.41, 5.74) is 11.1. The molecule has 0 fully saturated rings. The molecule has 164 valence electrons. The minimum atomic E-state index is -0.730. The SMILES string of the molecule is CC(C)(C#N)c1cc(-c2cnc(N)c(-c3nnc(-c4ccc5c(c4)CCNC5)o3)n2)ccn1. The third-order valence-corrected chi connectivity index (χ3v) is 5.74. The van der Waals surface area contributed by atoms with Gasteiger partial charge in [-0.2, -0.15) is 5.26 Å². The topological polar surface area (TPSA) is 139 Å². The molecular formula is C24H22N8O. The van der Waals surface area contributed by atoms with Crippen LogP contribution >= 0.6 is 0 Å². The van der Waals surface area contributed by atoms with Crippen LogP contribution in [0.2, 0.25) is 0 Å². The minimum Gasteiger partial charge on any atom is -0.414 e. The van der Waals surface area contributed by atoms with E-state index in [1.165, 1.54) is 11.1 Å². The Kier molecular flexibility index (Phi) is 5.07. The van der Waals surface area contributed by atoms with Crippen molar-refractivity contribution in [3.05, 3.63) is 59.5 Å². The van der Waals surface area contributed by atoms with Crippen molar-refractivity contribution >= 4 is 5.82 Å². The number of benzene rings is 1. The Labute approximate surface area is 190 Å². The summed E-state index contributed by atoms with van der Waals surface area (Å²) in [6, 6.07) is 12.1. The molecule has 1 aromatic carbocycles. The molecule has 33 heavy (non-hydrogen) atoms. The Morgan fingerprint density at radius 1 is 1.06 bits per heavy atom. The van der Waals surface area contributed by atoms with Crippen LogP contribution in [0.25, 0.3) is 34.3 Å². The van der Waals surface area contributed by atoms with Crippen molar-refractivity contribution in [2.75, 3.05) is 12.3 Å². The van der Waals surface area contributed by atoms with E-state index in [0.29, 0.717) is 23.0 Å². The number of nitrogens with two attached hydrogens (primary N) is 1. The smallest absolute Gasteiger partial charge is 0.270 e. The Bertz CT molecular complexity index is 1390. The van der Waals surface area contributed by atoms with Crippen molar-refractivity contribution in [3.63, 3.8) is 0 Å². The summed E-state index contributed by atoms with van der Waals surface area (Å²) in [6.45, 7) is 5.45. The van der Waals surface area contributed by atoms with Crippen molar-refractivity contribution in [2.45, 2.75) is 32.2 Å². The van der Waals surface area contributed by atoms with Crippen LogP contribution in [-0.2, 0) is 18.4 Å². The zero-order valence-electron chi connectivity index (χ0n) is 18.3. The lowest BCUT2D eigenvalue weighted by molar-refractivity contribution is 0.581. The van der Waals surface area contributed by atoms with E-state index in [2.05, 4.69) is 48.7 Å². The summed E-state index contributed by atoms with van der Waals surface area (Å²) in [5, 5.41) is 21.2. The summed E-state index contributed by atoms with van der Waals surface area (Å²) < 4.78 is 5.94. The standard InChI is InChI=1S/C24H22N8O/c1-24(2,13-25)19-10-15(6-8-28-19)18-12-29-21(26)20(30-18)23-32-31-22(33-23)16-3-4-17-11-27-7-5-14(17)9-16/h3-4,6,8-10,12,27H,5,7,11H2,1-2H3,(H2,26,29). The average molecular weight is 438 g/mol. The van der Waals surface area contributed by atoms with E-state index >= 15 is 0 Å². The number of nitrogens with one attached hydrogen (secondary N) is 1. The fourth-order valence-corrected chi connectivity index (χ4v) is 3.73. The lowest BCUT2D eigenvalue weighted by atomic mass is 9.90. The molecular weight excluding hydrogens is 416 g/mol. The van der Waals surface area contributed by atoms with Gasteiger partial charge < -0.3 is 15.5 Å². The van der Waals surface area contributed by atoms with E-state index in [9.17, 15) is 5.26 Å². The quantitative estimate of drug-likeness (QED) is 0.491. The first-order valence-electron chi connectivity index (χ1n) is 10.6. The monoisotopic (exact) mass is 438 g/mol. The van der Waals surface area contributed by atoms with Gasteiger partial charge in [0, 0.05) is 23.9 Å². The van der Waals surface area contributed by atoms with Gasteiger partial charge in [-0.05, 0) is 62.2 Å². The highest BCUT2D eigenvalue weighted by Crippen LogP contribution is 2.30. The van der Waals surface area contributed by atoms with Gasteiger partial charge in [0.1, 0.15) is 0 Å². The minimum absolute atomic E-state index is 0.192. The van der Waals surface area contributed by atoms with Gasteiger partial charge >= 0.3 is 0 Å². The second-order valence-electron chi connectivity index (χ2n) is 8.48. The van der Waals surface area contributed by atoms with Crippen molar-refractivity contribution < 1.29 is 4.42 Å². The molecule has 1 aliphatic heterocycles. The van der Waals surface area contributed by atoms with Gasteiger partial charge in [-0.25, -0.2) is 9.97 Å². The average Bonchev–Trinajstić information content (AvgIpc) is 3.34. The van der Waals surface area contributed by atoms with Gasteiger partial charge in [0.15, 0.2) is 11.5 Å². The molecule has 0 radical (unpaired) electrons. The van der Waals surface area contributed by atoms with Gasteiger partial charge in [0.05, 0.1) is 29.1 Å². The molecule has 9 nitrogen and oxygen atoms in total. The molecule has 0 amide bonds. The molecule has 0 unspecified atom stereocenters. The molecule has 0 saturated carbocycles. The molecule has 0 bridgehead atoms. The normalized spacial score (nSPS) is 13.4. The van der Waals surface area contributed by atoms with Crippen LogP contribution in [0.4, 0.5) is 5.82 Å². The maximum absolute atomic E-state index is 9.43. The maximum Gasteiger partial charge on any atom is 0.270 e. The van der Waals surface area contributed by atoms with Gasteiger partial charge in [-0.3, -0.25) is 4.98 Å². The summed E-state index contributed by atoms with van der Waals surface area (Å²) in [5.74, 6) is 0.792. The predicted octanol–water partition coefficient (Wildman–Crippen LogP) is 3.28.